The Labute approximate surface area is 123 Å². The van der Waals surface area contributed by atoms with Crippen LogP contribution in [0.1, 0.15) is 28.3 Å². The van der Waals surface area contributed by atoms with Gasteiger partial charge in [0, 0.05) is 10.6 Å². The summed E-state index contributed by atoms with van der Waals surface area (Å²) in [5, 5.41) is 0.362. The minimum absolute atomic E-state index is 0.362. The number of rotatable bonds is 3. The van der Waals surface area contributed by atoms with Crippen molar-refractivity contribution in [3.63, 3.8) is 0 Å². The van der Waals surface area contributed by atoms with Crippen molar-refractivity contribution in [2.24, 2.45) is 5.73 Å². The van der Waals surface area contributed by atoms with Gasteiger partial charge in [0.25, 0.3) is 0 Å². The number of nitrogens with two attached hydrogens (primary N) is 1. The zero-order chi connectivity index (χ0) is 14.9. The van der Waals surface area contributed by atoms with Crippen LogP contribution in [0.2, 0.25) is 5.02 Å². The first-order valence-corrected chi connectivity index (χ1v) is 6.67. The topological polar surface area (TPSA) is 35.2 Å². The number of benzene rings is 2. The van der Waals surface area contributed by atoms with Crippen LogP contribution in [0.5, 0.6) is 5.75 Å². The smallest absolute Gasteiger partial charge is 0.129 e. The minimum atomic E-state index is -0.531. The summed E-state index contributed by atoms with van der Waals surface area (Å²) in [5.74, 6) is 0.410. The summed E-state index contributed by atoms with van der Waals surface area (Å²) in [4.78, 5) is 0. The predicted molar refractivity (Wildman–Crippen MR) is 79.9 cm³/mol. The van der Waals surface area contributed by atoms with Crippen molar-refractivity contribution in [2.45, 2.75) is 19.9 Å². The molecule has 2 N–H and O–H groups in total. The Morgan fingerprint density at radius 2 is 1.80 bits per heavy atom. The highest BCUT2D eigenvalue weighted by atomic mass is 35.5. The molecule has 0 aliphatic heterocycles. The fourth-order valence-corrected chi connectivity index (χ4v) is 2.45. The molecular weight excluding hydrogens is 277 g/mol. The number of aryl methyl sites for hydroxylation is 2. The molecule has 0 saturated carbocycles. The minimum Gasteiger partial charge on any atom is -0.496 e. The van der Waals surface area contributed by atoms with Crippen molar-refractivity contribution in [3.05, 3.63) is 63.4 Å². The van der Waals surface area contributed by atoms with Crippen LogP contribution in [0.25, 0.3) is 0 Å². The highest BCUT2D eigenvalue weighted by Crippen LogP contribution is 2.30. The van der Waals surface area contributed by atoms with Crippen LogP contribution in [0.4, 0.5) is 4.39 Å². The van der Waals surface area contributed by atoms with E-state index in [0.29, 0.717) is 10.6 Å². The zero-order valence-corrected chi connectivity index (χ0v) is 12.5. The lowest BCUT2D eigenvalue weighted by Crippen LogP contribution is -2.15. The second-order valence-corrected chi connectivity index (χ2v) is 5.26. The molecule has 0 bridgehead atoms. The summed E-state index contributed by atoms with van der Waals surface area (Å²) in [6, 6.07) is 7.87. The summed E-state index contributed by atoms with van der Waals surface area (Å²) in [7, 11) is 1.63. The largest absolute Gasteiger partial charge is 0.496 e. The Kier molecular flexibility index (Phi) is 4.31. The molecule has 2 rings (SSSR count). The van der Waals surface area contributed by atoms with E-state index in [1.54, 1.807) is 19.2 Å². The van der Waals surface area contributed by atoms with E-state index in [9.17, 15) is 4.39 Å². The lowest BCUT2D eigenvalue weighted by Gasteiger charge is -2.18. The first-order valence-electron chi connectivity index (χ1n) is 6.29. The Morgan fingerprint density at radius 3 is 2.40 bits per heavy atom. The summed E-state index contributed by atoms with van der Waals surface area (Å²) in [6.45, 7) is 3.87. The maximum absolute atomic E-state index is 14.0. The van der Waals surface area contributed by atoms with Gasteiger partial charge in [0.15, 0.2) is 0 Å². The van der Waals surface area contributed by atoms with Crippen molar-refractivity contribution in [3.8, 4) is 5.75 Å². The predicted octanol–water partition coefficient (Wildman–Crippen LogP) is 4.15. The molecule has 0 radical (unpaired) electrons. The number of halogens is 2. The van der Waals surface area contributed by atoms with Crippen molar-refractivity contribution < 1.29 is 9.13 Å². The lowest BCUT2D eigenvalue weighted by atomic mass is 9.93. The summed E-state index contributed by atoms with van der Waals surface area (Å²) < 4.78 is 19.2. The molecule has 0 aromatic heterocycles. The van der Waals surface area contributed by atoms with Crippen LogP contribution in [0, 0.1) is 19.7 Å². The Balaban J connectivity index is 2.48. The van der Waals surface area contributed by atoms with Crippen molar-refractivity contribution >= 4 is 11.6 Å². The van der Waals surface area contributed by atoms with E-state index >= 15 is 0 Å². The number of hydrogen-bond donors (Lipinski definition) is 1. The van der Waals surface area contributed by atoms with Gasteiger partial charge in [0.1, 0.15) is 11.6 Å². The summed E-state index contributed by atoms with van der Waals surface area (Å²) >= 11 is 5.77. The molecule has 0 aliphatic rings. The van der Waals surface area contributed by atoms with Crippen LogP contribution < -0.4 is 10.5 Å². The molecule has 2 aromatic carbocycles. The monoisotopic (exact) mass is 293 g/mol. The van der Waals surface area contributed by atoms with Crippen molar-refractivity contribution in [2.75, 3.05) is 7.11 Å². The molecule has 0 heterocycles. The molecule has 0 amide bonds. The molecule has 1 atom stereocenters. The average molecular weight is 294 g/mol. The van der Waals surface area contributed by atoms with Gasteiger partial charge < -0.3 is 10.5 Å². The van der Waals surface area contributed by atoms with Gasteiger partial charge in [0.05, 0.1) is 13.2 Å². The molecule has 4 heteroatoms. The van der Waals surface area contributed by atoms with Crippen LogP contribution >= 0.6 is 11.6 Å². The molecule has 106 valence electrons. The SMILES string of the molecule is COc1cc(C)c(C(N)c2ccc(Cl)cc2F)cc1C. The average Bonchev–Trinajstić information content (AvgIpc) is 2.40. The Hall–Kier alpha value is -1.58. The molecule has 2 nitrogen and oxygen atoms in total. The van der Waals surface area contributed by atoms with Crippen LogP contribution in [0.15, 0.2) is 30.3 Å². The Bertz CT molecular complexity index is 643. The quantitative estimate of drug-likeness (QED) is 0.922. The second kappa shape index (κ2) is 5.81. The van der Waals surface area contributed by atoms with Gasteiger partial charge >= 0.3 is 0 Å². The standard InChI is InChI=1S/C16H17ClFNO/c1-9-7-15(20-3)10(2)6-13(9)16(19)12-5-4-11(17)8-14(12)18/h4-8,16H,19H2,1-3H3. The molecule has 0 saturated heterocycles. The van der Waals surface area contributed by atoms with Gasteiger partial charge in [-0.2, -0.15) is 0 Å². The van der Waals surface area contributed by atoms with E-state index in [1.165, 1.54) is 6.07 Å². The fraction of sp³-hybridized carbons (Fsp3) is 0.250. The van der Waals surface area contributed by atoms with Crippen molar-refractivity contribution in [1.82, 2.24) is 0 Å². The molecule has 0 spiro atoms. The molecule has 20 heavy (non-hydrogen) atoms. The second-order valence-electron chi connectivity index (χ2n) is 4.82. The first-order chi connectivity index (χ1) is 9.43. The third-order valence-electron chi connectivity index (χ3n) is 3.42. The molecule has 0 aliphatic carbocycles. The van der Waals surface area contributed by atoms with E-state index in [0.717, 1.165) is 22.4 Å². The molecule has 2 aromatic rings. The number of hydrogen-bond acceptors (Lipinski definition) is 2. The van der Waals surface area contributed by atoms with Gasteiger partial charge in [-0.05, 0) is 48.7 Å². The molecule has 1 unspecified atom stereocenters. The van der Waals surface area contributed by atoms with Gasteiger partial charge in [-0.25, -0.2) is 4.39 Å². The van der Waals surface area contributed by atoms with E-state index in [2.05, 4.69) is 0 Å². The maximum atomic E-state index is 14.0. The third kappa shape index (κ3) is 2.79. The first kappa shape index (κ1) is 14.8. The lowest BCUT2D eigenvalue weighted by molar-refractivity contribution is 0.411. The van der Waals surface area contributed by atoms with Crippen molar-refractivity contribution in [1.29, 1.82) is 0 Å². The van der Waals surface area contributed by atoms with Gasteiger partial charge in [-0.1, -0.05) is 23.7 Å². The number of methoxy groups -OCH3 is 1. The van der Waals surface area contributed by atoms with E-state index in [1.807, 2.05) is 26.0 Å². The molecule has 0 fully saturated rings. The molecular formula is C16H17ClFNO. The zero-order valence-electron chi connectivity index (χ0n) is 11.7. The Morgan fingerprint density at radius 1 is 1.10 bits per heavy atom. The van der Waals surface area contributed by atoms with E-state index in [4.69, 9.17) is 22.1 Å². The maximum Gasteiger partial charge on any atom is 0.129 e. The summed E-state index contributed by atoms with van der Waals surface area (Å²) in [5.41, 5.74) is 9.45. The summed E-state index contributed by atoms with van der Waals surface area (Å²) in [6.07, 6.45) is 0. The van der Waals surface area contributed by atoms with Crippen LogP contribution in [0.3, 0.4) is 0 Å². The fourth-order valence-electron chi connectivity index (χ4n) is 2.29. The normalized spacial score (nSPS) is 12.3. The number of ether oxygens (including phenoxy) is 1. The highest BCUT2D eigenvalue weighted by Gasteiger charge is 2.17. The van der Waals surface area contributed by atoms with E-state index < -0.39 is 11.9 Å². The van der Waals surface area contributed by atoms with Crippen LogP contribution in [-0.2, 0) is 0 Å². The highest BCUT2D eigenvalue weighted by molar-refractivity contribution is 6.30. The van der Waals surface area contributed by atoms with Crippen LogP contribution in [-0.4, -0.2) is 7.11 Å². The van der Waals surface area contributed by atoms with Gasteiger partial charge in [-0.3, -0.25) is 0 Å². The van der Waals surface area contributed by atoms with Gasteiger partial charge in [-0.15, -0.1) is 0 Å². The third-order valence-corrected chi connectivity index (χ3v) is 3.65. The van der Waals surface area contributed by atoms with E-state index in [-0.39, 0.29) is 0 Å². The van der Waals surface area contributed by atoms with Gasteiger partial charge in [0.2, 0.25) is 0 Å².